The highest BCUT2D eigenvalue weighted by molar-refractivity contribution is 5.34. The Bertz CT molecular complexity index is 335. The third-order valence-electron chi connectivity index (χ3n) is 3.35. The Kier molecular flexibility index (Phi) is 6.76. The van der Waals surface area contributed by atoms with Crippen molar-refractivity contribution in [1.29, 1.82) is 0 Å². The molecule has 0 spiro atoms. The van der Waals surface area contributed by atoms with E-state index in [9.17, 15) is 5.11 Å². The van der Waals surface area contributed by atoms with Gasteiger partial charge in [-0.2, -0.15) is 0 Å². The molecule has 18 heavy (non-hydrogen) atoms. The second-order valence-electron chi connectivity index (χ2n) is 4.86. The van der Waals surface area contributed by atoms with Crippen LogP contribution in [0.15, 0.2) is 24.3 Å². The van der Waals surface area contributed by atoms with Crippen molar-refractivity contribution < 1.29 is 10.2 Å². The van der Waals surface area contributed by atoms with Gasteiger partial charge < -0.3 is 15.5 Å². The predicted octanol–water partition coefficient (Wildman–Crippen LogP) is 2.84. The van der Waals surface area contributed by atoms with Gasteiger partial charge in [0.15, 0.2) is 0 Å². The van der Waals surface area contributed by atoms with E-state index in [4.69, 9.17) is 5.11 Å². The summed E-state index contributed by atoms with van der Waals surface area (Å²) in [6.07, 6.45) is 3.10. The van der Waals surface area contributed by atoms with Gasteiger partial charge in [0.1, 0.15) is 5.75 Å². The van der Waals surface area contributed by atoms with Gasteiger partial charge in [-0.1, -0.05) is 31.5 Å². The number of para-hydroxylation sites is 1. The van der Waals surface area contributed by atoms with E-state index in [0.717, 1.165) is 31.4 Å². The lowest BCUT2D eigenvalue weighted by Gasteiger charge is -2.20. The molecule has 0 heterocycles. The van der Waals surface area contributed by atoms with E-state index >= 15 is 0 Å². The lowest BCUT2D eigenvalue weighted by molar-refractivity contribution is 0.245. The van der Waals surface area contributed by atoms with Crippen LogP contribution in [0.3, 0.4) is 0 Å². The summed E-state index contributed by atoms with van der Waals surface area (Å²) in [6, 6.07) is 7.55. The number of benzene rings is 1. The molecule has 0 saturated carbocycles. The summed E-state index contributed by atoms with van der Waals surface area (Å²) in [7, 11) is 0. The molecule has 0 radical (unpaired) electrons. The van der Waals surface area contributed by atoms with Crippen LogP contribution in [0.1, 0.15) is 44.7 Å². The summed E-state index contributed by atoms with van der Waals surface area (Å²) in [5.41, 5.74) is 0.928. The van der Waals surface area contributed by atoms with Crippen molar-refractivity contribution in [1.82, 2.24) is 5.32 Å². The van der Waals surface area contributed by atoms with Crippen LogP contribution in [0.5, 0.6) is 5.75 Å². The summed E-state index contributed by atoms with van der Waals surface area (Å²) in [6.45, 7) is 5.34. The highest BCUT2D eigenvalue weighted by Crippen LogP contribution is 2.23. The summed E-state index contributed by atoms with van der Waals surface area (Å²) in [4.78, 5) is 0. The Balaban J connectivity index is 2.49. The summed E-state index contributed by atoms with van der Waals surface area (Å²) >= 11 is 0. The van der Waals surface area contributed by atoms with Crippen LogP contribution in [0.25, 0.3) is 0 Å². The third-order valence-corrected chi connectivity index (χ3v) is 3.35. The minimum atomic E-state index is 0.129. The van der Waals surface area contributed by atoms with E-state index in [1.54, 1.807) is 6.07 Å². The average molecular weight is 251 g/mol. The maximum Gasteiger partial charge on any atom is 0.120 e. The van der Waals surface area contributed by atoms with Gasteiger partial charge in [0.05, 0.1) is 0 Å². The minimum Gasteiger partial charge on any atom is -0.508 e. The standard InChI is InChI=1S/C15H25NO2/c1-3-6-13(9-10-17)11-16-12(2)14-7-4-5-8-15(14)18/h4-5,7-8,12-13,16-18H,3,6,9-11H2,1-2H3. The quantitative estimate of drug-likeness (QED) is 0.666. The number of phenols is 1. The fourth-order valence-corrected chi connectivity index (χ4v) is 2.25. The number of aliphatic hydroxyl groups excluding tert-OH is 1. The number of hydrogen-bond donors (Lipinski definition) is 3. The van der Waals surface area contributed by atoms with Crippen molar-refractivity contribution in [2.45, 2.75) is 39.2 Å². The molecule has 3 heteroatoms. The molecular formula is C15H25NO2. The first-order chi connectivity index (χ1) is 8.69. The molecule has 102 valence electrons. The molecule has 1 aromatic carbocycles. The monoisotopic (exact) mass is 251 g/mol. The summed E-state index contributed by atoms with van der Waals surface area (Å²) in [5, 5.41) is 22.2. The van der Waals surface area contributed by atoms with Gasteiger partial charge in [-0.3, -0.25) is 0 Å². The van der Waals surface area contributed by atoms with Gasteiger partial charge in [-0.25, -0.2) is 0 Å². The fraction of sp³-hybridized carbons (Fsp3) is 0.600. The minimum absolute atomic E-state index is 0.129. The number of aliphatic hydroxyl groups is 1. The highest BCUT2D eigenvalue weighted by Gasteiger charge is 2.12. The zero-order valence-corrected chi connectivity index (χ0v) is 11.4. The van der Waals surface area contributed by atoms with E-state index in [0.29, 0.717) is 11.7 Å². The third kappa shape index (κ3) is 4.67. The van der Waals surface area contributed by atoms with Crippen LogP contribution in [0.2, 0.25) is 0 Å². The van der Waals surface area contributed by atoms with Crippen LogP contribution in [0.4, 0.5) is 0 Å². The zero-order chi connectivity index (χ0) is 13.4. The van der Waals surface area contributed by atoms with Crippen molar-refractivity contribution >= 4 is 0 Å². The molecule has 3 N–H and O–H groups in total. The largest absolute Gasteiger partial charge is 0.508 e. The average Bonchev–Trinajstić information content (AvgIpc) is 2.36. The molecule has 0 bridgehead atoms. The van der Waals surface area contributed by atoms with Gasteiger partial charge in [0.2, 0.25) is 0 Å². The van der Waals surface area contributed by atoms with Gasteiger partial charge in [-0.05, 0) is 38.3 Å². The number of phenolic OH excluding ortho intramolecular Hbond substituents is 1. The van der Waals surface area contributed by atoms with E-state index in [2.05, 4.69) is 19.2 Å². The van der Waals surface area contributed by atoms with Gasteiger partial charge in [0.25, 0.3) is 0 Å². The van der Waals surface area contributed by atoms with Crippen molar-refractivity contribution in [3.63, 3.8) is 0 Å². The maximum absolute atomic E-state index is 9.77. The number of rotatable bonds is 8. The van der Waals surface area contributed by atoms with E-state index in [-0.39, 0.29) is 12.6 Å². The van der Waals surface area contributed by atoms with E-state index in [1.165, 1.54) is 0 Å². The molecule has 0 amide bonds. The van der Waals surface area contributed by atoms with Crippen LogP contribution >= 0.6 is 0 Å². The van der Waals surface area contributed by atoms with Crippen LogP contribution in [-0.2, 0) is 0 Å². The number of aromatic hydroxyl groups is 1. The first kappa shape index (κ1) is 15.0. The van der Waals surface area contributed by atoms with E-state index < -0.39 is 0 Å². The van der Waals surface area contributed by atoms with Crippen molar-refractivity contribution in [3.8, 4) is 5.75 Å². The Hall–Kier alpha value is -1.06. The molecule has 3 nitrogen and oxygen atoms in total. The molecule has 0 aromatic heterocycles. The SMILES string of the molecule is CCCC(CCO)CNC(C)c1ccccc1O. The van der Waals surface area contributed by atoms with Gasteiger partial charge >= 0.3 is 0 Å². The second kappa shape index (κ2) is 8.11. The Morgan fingerprint density at radius 1 is 1.22 bits per heavy atom. The van der Waals surface area contributed by atoms with Crippen LogP contribution in [0, 0.1) is 5.92 Å². The Labute approximate surface area is 110 Å². The molecule has 0 fully saturated rings. The molecule has 2 unspecified atom stereocenters. The lowest BCUT2D eigenvalue weighted by atomic mass is 9.99. The molecule has 0 aliphatic heterocycles. The van der Waals surface area contributed by atoms with E-state index in [1.807, 2.05) is 18.2 Å². The molecule has 2 atom stereocenters. The molecule has 0 saturated heterocycles. The Morgan fingerprint density at radius 2 is 1.94 bits per heavy atom. The maximum atomic E-state index is 9.77. The molecular weight excluding hydrogens is 226 g/mol. The fourth-order valence-electron chi connectivity index (χ4n) is 2.25. The molecule has 0 aliphatic rings. The Morgan fingerprint density at radius 3 is 2.56 bits per heavy atom. The topological polar surface area (TPSA) is 52.5 Å². The molecule has 1 rings (SSSR count). The van der Waals surface area contributed by atoms with Crippen molar-refractivity contribution in [2.24, 2.45) is 5.92 Å². The smallest absolute Gasteiger partial charge is 0.120 e. The van der Waals surface area contributed by atoms with Gasteiger partial charge in [-0.15, -0.1) is 0 Å². The second-order valence-corrected chi connectivity index (χ2v) is 4.86. The van der Waals surface area contributed by atoms with Crippen molar-refractivity contribution in [3.05, 3.63) is 29.8 Å². The summed E-state index contributed by atoms with van der Waals surface area (Å²) < 4.78 is 0. The lowest BCUT2D eigenvalue weighted by Crippen LogP contribution is -2.26. The normalized spacial score (nSPS) is 14.4. The highest BCUT2D eigenvalue weighted by atomic mass is 16.3. The molecule has 0 aliphatic carbocycles. The molecule has 1 aromatic rings. The van der Waals surface area contributed by atoms with Crippen molar-refractivity contribution in [2.75, 3.05) is 13.2 Å². The van der Waals surface area contributed by atoms with Crippen LogP contribution < -0.4 is 5.32 Å². The zero-order valence-electron chi connectivity index (χ0n) is 11.4. The summed E-state index contributed by atoms with van der Waals surface area (Å²) in [5.74, 6) is 0.847. The first-order valence-electron chi connectivity index (χ1n) is 6.81. The predicted molar refractivity (Wildman–Crippen MR) is 74.6 cm³/mol. The van der Waals surface area contributed by atoms with Crippen LogP contribution in [-0.4, -0.2) is 23.4 Å². The first-order valence-corrected chi connectivity index (χ1v) is 6.81. The number of nitrogens with one attached hydrogen (secondary N) is 1. The number of hydrogen-bond acceptors (Lipinski definition) is 3. The van der Waals surface area contributed by atoms with Gasteiger partial charge in [0, 0.05) is 18.2 Å².